The number of rotatable bonds is 7. The first kappa shape index (κ1) is 19.3. The Hall–Kier alpha value is -4.01. The zero-order valence-corrected chi connectivity index (χ0v) is 16.2. The van der Waals surface area contributed by atoms with E-state index in [4.69, 9.17) is 23.2 Å². The lowest BCUT2D eigenvalue weighted by molar-refractivity contribution is -0.144. The number of phenols is 1. The Bertz CT molecular complexity index is 1200. The average molecular weight is 410 g/mol. The van der Waals surface area contributed by atoms with Crippen LogP contribution in [0.15, 0.2) is 51.6 Å². The van der Waals surface area contributed by atoms with Gasteiger partial charge in [-0.05, 0) is 24.3 Å². The maximum Gasteiger partial charge on any atom is 0.310 e. The van der Waals surface area contributed by atoms with E-state index in [2.05, 4.69) is 10.1 Å². The van der Waals surface area contributed by atoms with Gasteiger partial charge in [-0.15, -0.1) is 0 Å². The van der Waals surface area contributed by atoms with Crippen LogP contribution >= 0.6 is 0 Å². The topological polar surface area (TPSA) is 117 Å². The first-order valence-corrected chi connectivity index (χ1v) is 8.97. The van der Waals surface area contributed by atoms with E-state index in [1.165, 1.54) is 25.5 Å². The Morgan fingerprint density at radius 2 is 2.00 bits per heavy atom. The van der Waals surface area contributed by atoms with E-state index in [9.17, 15) is 9.90 Å². The van der Waals surface area contributed by atoms with Gasteiger partial charge in [0.05, 0.1) is 32.5 Å². The Labute approximate surface area is 170 Å². The molecule has 30 heavy (non-hydrogen) atoms. The van der Waals surface area contributed by atoms with Crippen LogP contribution in [0.25, 0.3) is 22.4 Å². The summed E-state index contributed by atoms with van der Waals surface area (Å²) in [6.07, 6.45) is 1.47. The molecule has 0 atom stereocenters. The van der Waals surface area contributed by atoms with E-state index in [1.54, 1.807) is 31.4 Å². The minimum Gasteiger partial charge on any atom is -0.508 e. The molecule has 0 spiro atoms. The lowest BCUT2D eigenvalue weighted by atomic mass is 10.1. The summed E-state index contributed by atoms with van der Waals surface area (Å²) in [5.74, 6) is 1.23. The fraction of sp³-hybridized carbons (Fsp3) is 0.190. The average Bonchev–Trinajstić information content (AvgIpc) is 3.38. The van der Waals surface area contributed by atoms with Gasteiger partial charge in [0.2, 0.25) is 5.82 Å². The van der Waals surface area contributed by atoms with Gasteiger partial charge in [0.15, 0.2) is 6.61 Å². The van der Waals surface area contributed by atoms with Gasteiger partial charge in [-0.1, -0.05) is 5.16 Å². The summed E-state index contributed by atoms with van der Waals surface area (Å²) >= 11 is 0. The summed E-state index contributed by atoms with van der Waals surface area (Å²) in [6, 6.07) is 9.91. The third kappa shape index (κ3) is 3.90. The number of fused-ring (bicyclic) bond motifs is 1. The van der Waals surface area contributed by atoms with E-state index in [-0.39, 0.29) is 24.7 Å². The smallest absolute Gasteiger partial charge is 0.310 e. The van der Waals surface area contributed by atoms with Gasteiger partial charge >= 0.3 is 5.97 Å². The predicted octanol–water partition coefficient (Wildman–Crippen LogP) is 3.49. The molecule has 4 rings (SSSR count). The highest BCUT2D eigenvalue weighted by Crippen LogP contribution is 2.31. The number of methoxy groups -OCH3 is 2. The molecule has 0 aliphatic carbocycles. The standard InChI is InChI=1S/C21H18N2O7/c1-26-14-4-6-16(17(9-14)27-2)21-22-19(30-23-21)11-29-20(25)7-12-10-28-18-8-13(24)3-5-15(12)18/h3-6,8-10,24H,7,11H2,1-2H3. The molecule has 0 aliphatic rings. The number of benzene rings is 2. The molecule has 0 aliphatic heterocycles. The van der Waals surface area contributed by atoms with Crippen LogP contribution in [0.2, 0.25) is 0 Å². The van der Waals surface area contributed by atoms with Crippen molar-refractivity contribution in [2.45, 2.75) is 13.0 Å². The van der Waals surface area contributed by atoms with Gasteiger partial charge in [0.25, 0.3) is 5.89 Å². The zero-order chi connectivity index (χ0) is 21.1. The summed E-state index contributed by atoms with van der Waals surface area (Å²) in [6.45, 7) is -0.166. The highest BCUT2D eigenvalue weighted by Gasteiger charge is 2.17. The molecule has 2 heterocycles. The molecular weight excluding hydrogens is 392 g/mol. The molecule has 0 saturated carbocycles. The number of ether oxygens (including phenoxy) is 3. The number of furan rings is 1. The molecule has 0 saturated heterocycles. The Balaban J connectivity index is 1.41. The molecule has 9 heteroatoms. The van der Waals surface area contributed by atoms with Crippen molar-refractivity contribution in [3.63, 3.8) is 0 Å². The second-order valence-electron chi connectivity index (χ2n) is 6.36. The second-order valence-corrected chi connectivity index (χ2v) is 6.36. The number of aromatic nitrogens is 2. The van der Waals surface area contributed by atoms with Crippen molar-refractivity contribution in [2.75, 3.05) is 14.2 Å². The first-order chi connectivity index (χ1) is 14.6. The molecule has 0 unspecified atom stereocenters. The predicted molar refractivity (Wildman–Crippen MR) is 104 cm³/mol. The Kier molecular flexibility index (Phi) is 5.25. The molecule has 2 aromatic heterocycles. The normalized spacial score (nSPS) is 10.9. The molecule has 0 radical (unpaired) electrons. The fourth-order valence-corrected chi connectivity index (χ4v) is 2.96. The number of esters is 1. The fourth-order valence-electron chi connectivity index (χ4n) is 2.96. The van der Waals surface area contributed by atoms with Crippen molar-refractivity contribution >= 4 is 16.9 Å². The third-order valence-corrected chi connectivity index (χ3v) is 4.45. The van der Waals surface area contributed by atoms with Crippen LogP contribution in [0, 0.1) is 0 Å². The quantitative estimate of drug-likeness (QED) is 0.457. The summed E-state index contributed by atoms with van der Waals surface area (Å²) in [5, 5.41) is 14.1. The van der Waals surface area contributed by atoms with E-state index < -0.39 is 5.97 Å². The van der Waals surface area contributed by atoms with Gasteiger partial charge in [-0.3, -0.25) is 4.79 Å². The maximum atomic E-state index is 12.2. The molecule has 154 valence electrons. The lowest BCUT2D eigenvalue weighted by Crippen LogP contribution is -2.07. The van der Waals surface area contributed by atoms with E-state index in [1.807, 2.05) is 0 Å². The highest BCUT2D eigenvalue weighted by molar-refractivity contribution is 5.86. The molecule has 0 fully saturated rings. The largest absolute Gasteiger partial charge is 0.508 e. The van der Waals surface area contributed by atoms with Crippen molar-refractivity contribution in [2.24, 2.45) is 0 Å². The molecule has 9 nitrogen and oxygen atoms in total. The van der Waals surface area contributed by atoms with Crippen LogP contribution in [-0.4, -0.2) is 35.4 Å². The summed E-state index contributed by atoms with van der Waals surface area (Å²) < 4.78 is 26.3. The van der Waals surface area contributed by atoms with Gasteiger partial charge in [0.1, 0.15) is 22.8 Å². The summed E-state index contributed by atoms with van der Waals surface area (Å²) in [4.78, 5) is 16.5. The molecule has 1 N–H and O–H groups in total. The minimum atomic E-state index is -0.479. The van der Waals surface area contributed by atoms with Gasteiger partial charge in [-0.25, -0.2) is 0 Å². The number of hydrogen-bond donors (Lipinski definition) is 1. The SMILES string of the molecule is COc1ccc(-c2noc(COC(=O)Cc3coc4cc(O)ccc34)n2)c(OC)c1. The lowest BCUT2D eigenvalue weighted by Gasteiger charge is -2.07. The van der Waals surface area contributed by atoms with Crippen molar-refractivity contribution in [3.8, 4) is 28.6 Å². The van der Waals surface area contributed by atoms with Crippen LogP contribution in [0.3, 0.4) is 0 Å². The number of aromatic hydroxyl groups is 1. The highest BCUT2D eigenvalue weighted by atomic mass is 16.6. The van der Waals surface area contributed by atoms with Crippen molar-refractivity contribution < 1.29 is 33.1 Å². The number of carbonyl (C=O) groups excluding carboxylic acids is 1. The molecule has 0 bridgehead atoms. The van der Waals surface area contributed by atoms with Crippen molar-refractivity contribution in [1.29, 1.82) is 0 Å². The number of phenolic OH excluding ortho intramolecular Hbond substituents is 1. The van der Waals surface area contributed by atoms with Crippen molar-refractivity contribution in [1.82, 2.24) is 10.1 Å². The van der Waals surface area contributed by atoms with Crippen LogP contribution in [-0.2, 0) is 22.6 Å². The molecule has 0 amide bonds. The number of hydrogen-bond acceptors (Lipinski definition) is 9. The maximum absolute atomic E-state index is 12.2. The van der Waals surface area contributed by atoms with Crippen molar-refractivity contribution in [3.05, 3.63) is 54.1 Å². The summed E-state index contributed by atoms with van der Waals surface area (Å²) in [5.41, 5.74) is 1.77. The van der Waals surface area contributed by atoms with Crippen LogP contribution in [0.1, 0.15) is 11.5 Å². The van der Waals surface area contributed by atoms with Crippen LogP contribution < -0.4 is 9.47 Å². The molecule has 4 aromatic rings. The van der Waals surface area contributed by atoms with E-state index in [0.717, 1.165) is 5.39 Å². The Morgan fingerprint density at radius 1 is 1.13 bits per heavy atom. The monoisotopic (exact) mass is 410 g/mol. The second kappa shape index (κ2) is 8.16. The Morgan fingerprint density at radius 3 is 2.80 bits per heavy atom. The molecule has 2 aromatic carbocycles. The summed E-state index contributed by atoms with van der Waals surface area (Å²) in [7, 11) is 3.09. The van der Waals surface area contributed by atoms with Gasteiger partial charge in [0, 0.05) is 23.1 Å². The van der Waals surface area contributed by atoms with E-state index in [0.29, 0.717) is 34.0 Å². The van der Waals surface area contributed by atoms with Crippen LogP contribution in [0.5, 0.6) is 17.2 Å². The van der Waals surface area contributed by atoms with Crippen LogP contribution in [0.4, 0.5) is 0 Å². The number of nitrogens with zero attached hydrogens (tertiary/aromatic N) is 2. The van der Waals surface area contributed by atoms with Gasteiger partial charge in [-0.2, -0.15) is 4.98 Å². The minimum absolute atomic E-state index is 0.00503. The van der Waals surface area contributed by atoms with Gasteiger partial charge < -0.3 is 28.3 Å². The first-order valence-electron chi connectivity index (χ1n) is 8.97. The number of carbonyl (C=O) groups is 1. The van der Waals surface area contributed by atoms with E-state index >= 15 is 0 Å². The molecular formula is C21H18N2O7. The third-order valence-electron chi connectivity index (χ3n) is 4.45. The zero-order valence-electron chi connectivity index (χ0n) is 16.2.